The molecule has 1 N–H and O–H groups in total. The summed E-state index contributed by atoms with van der Waals surface area (Å²) in [6.45, 7) is 5.11. The Kier molecular flexibility index (Phi) is 6.67. The van der Waals surface area contributed by atoms with Crippen LogP contribution in [0.25, 0.3) is 0 Å². The van der Waals surface area contributed by atoms with Crippen molar-refractivity contribution in [3.63, 3.8) is 0 Å². The number of piperidine rings is 1. The van der Waals surface area contributed by atoms with E-state index in [-0.39, 0.29) is 23.8 Å². The van der Waals surface area contributed by atoms with E-state index >= 15 is 0 Å². The highest BCUT2D eigenvalue weighted by Crippen LogP contribution is 2.31. The molecular formula is C18H25ClN2O4. The molecule has 1 fully saturated rings. The van der Waals surface area contributed by atoms with Crippen molar-refractivity contribution in [2.75, 3.05) is 32.6 Å². The Morgan fingerprint density at radius 3 is 2.48 bits per heavy atom. The fourth-order valence-electron chi connectivity index (χ4n) is 3.02. The molecule has 6 nitrogen and oxygen atoms in total. The lowest BCUT2D eigenvalue weighted by atomic mass is 9.96. The molecule has 0 bridgehead atoms. The summed E-state index contributed by atoms with van der Waals surface area (Å²) < 4.78 is 10.1. The van der Waals surface area contributed by atoms with Gasteiger partial charge in [0, 0.05) is 11.1 Å². The first-order chi connectivity index (χ1) is 11.9. The number of nitrogens with zero attached hydrogens (tertiary/aromatic N) is 1. The lowest BCUT2D eigenvalue weighted by Crippen LogP contribution is -2.47. The summed E-state index contributed by atoms with van der Waals surface area (Å²) in [7, 11) is 2.95. The number of carbonyl (C=O) groups is 2. The Hall–Kier alpha value is -1.79. The van der Waals surface area contributed by atoms with Gasteiger partial charge >= 0.3 is 5.97 Å². The Morgan fingerprint density at radius 1 is 1.28 bits per heavy atom. The molecule has 1 aromatic carbocycles. The molecule has 1 atom stereocenters. The lowest BCUT2D eigenvalue weighted by Gasteiger charge is -2.34. The number of anilines is 1. The maximum absolute atomic E-state index is 12.6. The minimum absolute atomic E-state index is 0.0736. The van der Waals surface area contributed by atoms with Crippen molar-refractivity contribution in [1.82, 2.24) is 4.90 Å². The molecule has 0 radical (unpaired) electrons. The molecule has 0 spiro atoms. The van der Waals surface area contributed by atoms with E-state index < -0.39 is 0 Å². The highest BCUT2D eigenvalue weighted by atomic mass is 35.5. The molecule has 1 aliphatic rings. The number of hydrogen-bond donors (Lipinski definition) is 1. The van der Waals surface area contributed by atoms with Crippen molar-refractivity contribution in [2.24, 2.45) is 5.92 Å². The van der Waals surface area contributed by atoms with Gasteiger partial charge in [-0.1, -0.05) is 11.6 Å². The van der Waals surface area contributed by atoms with Crippen LogP contribution >= 0.6 is 11.6 Å². The summed E-state index contributed by atoms with van der Waals surface area (Å²) >= 11 is 6.10. The first kappa shape index (κ1) is 19.5. The first-order valence-corrected chi connectivity index (χ1v) is 8.72. The van der Waals surface area contributed by atoms with Crippen LogP contribution in [0.1, 0.15) is 25.3 Å². The van der Waals surface area contributed by atoms with Gasteiger partial charge in [0.15, 0.2) is 0 Å². The predicted octanol–water partition coefficient (Wildman–Crippen LogP) is 2.87. The first-order valence-electron chi connectivity index (χ1n) is 8.34. The second-order valence-corrected chi connectivity index (χ2v) is 6.71. The quantitative estimate of drug-likeness (QED) is 0.809. The smallest absolute Gasteiger partial charge is 0.308 e. The van der Waals surface area contributed by atoms with Gasteiger partial charge in [-0.15, -0.1) is 0 Å². The van der Waals surface area contributed by atoms with Crippen LogP contribution in [0, 0.1) is 12.8 Å². The number of likely N-dealkylation sites (tertiary alicyclic amines) is 1. The fourth-order valence-corrected chi connectivity index (χ4v) is 3.18. The molecule has 1 amide bonds. The van der Waals surface area contributed by atoms with Crippen molar-refractivity contribution in [1.29, 1.82) is 0 Å². The Bertz CT molecular complexity index is 642. The van der Waals surface area contributed by atoms with Gasteiger partial charge in [-0.25, -0.2) is 0 Å². The number of hydrogen-bond acceptors (Lipinski definition) is 5. The standard InChI is InChI=1S/C18H25ClN2O4/c1-11-9-15(16(24-3)10-14(11)19)20-17(22)12(2)21-7-5-13(6-8-21)18(23)25-4/h9-10,12-13H,5-8H2,1-4H3,(H,20,22). The zero-order chi connectivity index (χ0) is 18.6. The van der Waals surface area contributed by atoms with E-state index in [4.69, 9.17) is 21.1 Å². The number of methoxy groups -OCH3 is 2. The van der Waals surface area contributed by atoms with Crippen LogP contribution in [0.15, 0.2) is 12.1 Å². The molecule has 1 aliphatic heterocycles. The van der Waals surface area contributed by atoms with Crippen LogP contribution in [-0.4, -0.2) is 50.1 Å². The normalized spacial score (nSPS) is 17.0. The van der Waals surface area contributed by atoms with Crippen molar-refractivity contribution in [3.05, 3.63) is 22.7 Å². The minimum atomic E-state index is -0.306. The van der Waals surface area contributed by atoms with Crippen LogP contribution in [0.2, 0.25) is 5.02 Å². The van der Waals surface area contributed by atoms with Crippen LogP contribution in [0.3, 0.4) is 0 Å². The van der Waals surface area contributed by atoms with Crippen molar-refractivity contribution >= 4 is 29.2 Å². The molecule has 0 saturated carbocycles. The van der Waals surface area contributed by atoms with Crippen LogP contribution in [-0.2, 0) is 14.3 Å². The number of rotatable bonds is 5. The third-order valence-corrected chi connectivity index (χ3v) is 5.14. The van der Waals surface area contributed by atoms with E-state index in [2.05, 4.69) is 10.2 Å². The van der Waals surface area contributed by atoms with Gasteiger partial charge in [-0.2, -0.15) is 0 Å². The second-order valence-electron chi connectivity index (χ2n) is 6.30. The van der Waals surface area contributed by atoms with E-state index in [0.717, 1.165) is 5.56 Å². The van der Waals surface area contributed by atoms with Crippen molar-refractivity contribution < 1.29 is 19.1 Å². The predicted molar refractivity (Wildman–Crippen MR) is 97.1 cm³/mol. The molecule has 1 aromatic rings. The molecule has 1 unspecified atom stereocenters. The molecular weight excluding hydrogens is 344 g/mol. The minimum Gasteiger partial charge on any atom is -0.495 e. The van der Waals surface area contributed by atoms with Crippen molar-refractivity contribution in [2.45, 2.75) is 32.7 Å². The number of nitrogens with one attached hydrogen (secondary N) is 1. The van der Waals surface area contributed by atoms with E-state index in [1.807, 2.05) is 13.8 Å². The Labute approximate surface area is 153 Å². The fraction of sp³-hybridized carbons (Fsp3) is 0.556. The summed E-state index contributed by atoms with van der Waals surface area (Å²) in [6, 6.07) is 3.19. The highest BCUT2D eigenvalue weighted by Gasteiger charge is 2.30. The highest BCUT2D eigenvalue weighted by molar-refractivity contribution is 6.31. The lowest BCUT2D eigenvalue weighted by molar-refractivity contribution is -0.147. The van der Waals surface area contributed by atoms with Crippen molar-refractivity contribution in [3.8, 4) is 5.75 Å². The largest absolute Gasteiger partial charge is 0.495 e. The van der Waals surface area contributed by atoms with Gasteiger partial charge < -0.3 is 14.8 Å². The van der Waals surface area contributed by atoms with Gasteiger partial charge in [0.2, 0.25) is 5.91 Å². The summed E-state index contributed by atoms with van der Waals surface area (Å²) in [6.07, 6.45) is 1.40. The molecule has 2 rings (SSSR count). The monoisotopic (exact) mass is 368 g/mol. The summed E-state index contributed by atoms with van der Waals surface area (Å²) in [5.41, 5.74) is 1.47. The number of amides is 1. The molecule has 25 heavy (non-hydrogen) atoms. The summed E-state index contributed by atoms with van der Waals surface area (Å²) in [5, 5.41) is 3.51. The maximum Gasteiger partial charge on any atom is 0.308 e. The molecule has 1 saturated heterocycles. The van der Waals surface area contributed by atoms with E-state index in [9.17, 15) is 9.59 Å². The van der Waals surface area contributed by atoms with E-state index in [1.165, 1.54) is 14.2 Å². The third kappa shape index (κ3) is 4.64. The molecule has 1 heterocycles. The summed E-state index contributed by atoms with van der Waals surface area (Å²) in [5.74, 6) is 0.172. The topological polar surface area (TPSA) is 67.9 Å². The van der Waals surface area contributed by atoms with Gasteiger partial charge in [0.25, 0.3) is 0 Å². The average molecular weight is 369 g/mol. The van der Waals surface area contributed by atoms with Crippen LogP contribution in [0.4, 0.5) is 5.69 Å². The van der Waals surface area contributed by atoms with Crippen LogP contribution in [0.5, 0.6) is 5.75 Å². The van der Waals surface area contributed by atoms with Gasteiger partial charge in [-0.3, -0.25) is 14.5 Å². The molecule has 0 aromatic heterocycles. The third-order valence-electron chi connectivity index (χ3n) is 4.73. The van der Waals surface area contributed by atoms with E-state index in [0.29, 0.717) is 42.4 Å². The Balaban J connectivity index is 2.00. The maximum atomic E-state index is 12.6. The van der Waals surface area contributed by atoms with Gasteiger partial charge in [0.05, 0.1) is 31.9 Å². The SMILES string of the molecule is COC(=O)C1CCN(C(C)C(=O)Nc2cc(C)c(Cl)cc2OC)CC1. The number of aryl methyl sites for hydroxylation is 1. The number of esters is 1. The van der Waals surface area contributed by atoms with E-state index in [1.54, 1.807) is 12.1 Å². The Morgan fingerprint density at radius 2 is 1.92 bits per heavy atom. The average Bonchev–Trinajstić information content (AvgIpc) is 2.63. The zero-order valence-corrected chi connectivity index (χ0v) is 15.9. The van der Waals surface area contributed by atoms with Gasteiger partial charge in [0.1, 0.15) is 5.75 Å². The molecule has 0 aliphatic carbocycles. The number of halogens is 1. The zero-order valence-electron chi connectivity index (χ0n) is 15.1. The number of carbonyl (C=O) groups excluding carboxylic acids is 2. The number of ether oxygens (including phenoxy) is 2. The molecule has 7 heteroatoms. The van der Waals surface area contributed by atoms with Gasteiger partial charge in [-0.05, 0) is 51.4 Å². The van der Waals surface area contributed by atoms with Crippen LogP contribution < -0.4 is 10.1 Å². The second kappa shape index (κ2) is 8.54. The summed E-state index contributed by atoms with van der Waals surface area (Å²) in [4.78, 5) is 26.3. The number of benzene rings is 1. The molecule has 138 valence electrons.